The average Bonchev–Trinajstić information content (AvgIpc) is 2.27. The number of rotatable bonds is 1. The summed E-state index contributed by atoms with van der Waals surface area (Å²) in [6.07, 6.45) is 1.57. The van der Waals surface area contributed by atoms with Crippen LogP contribution < -0.4 is 5.46 Å². The molecule has 1 aromatic carbocycles. The molecule has 0 saturated heterocycles. The lowest BCUT2D eigenvalue weighted by molar-refractivity contribution is 0.426. The number of aromatic nitrogens is 1. The second-order valence-electron chi connectivity index (χ2n) is 3.09. The van der Waals surface area contributed by atoms with E-state index in [1.165, 1.54) is 12.1 Å². The highest BCUT2D eigenvalue weighted by molar-refractivity contribution is 6.61. The highest BCUT2D eigenvalue weighted by Crippen LogP contribution is 2.13. The van der Waals surface area contributed by atoms with Crippen molar-refractivity contribution in [2.24, 2.45) is 0 Å². The van der Waals surface area contributed by atoms with Crippen molar-refractivity contribution in [2.45, 2.75) is 0 Å². The summed E-state index contributed by atoms with van der Waals surface area (Å²) < 4.78 is 0. The van der Waals surface area contributed by atoms with Gasteiger partial charge in [-0.15, -0.1) is 0 Å². The van der Waals surface area contributed by atoms with Crippen molar-refractivity contribution >= 4 is 23.5 Å². The van der Waals surface area contributed by atoms with Crippen LogP contribution >= 0.6 is 0 Å². The summed E-state index contributed by atoms with van der Waals surface area (Å²) in [5.41, 5.74) is 1.28. The smallest absolute Gasteiger partial charge is 0.423 e. The lowest BCUT2D eigenvalue weighted by Crippen LogP contribution is -2.30. The molecule has 1 heterocycles. The number of nitriles is 1. The van der Waals surface area contributed by atoms with Crippen LogP contribution in [0.5, 0.6) is 0 Å². The van der Waals surface area contributed by atoms with Gasteiger partial charge in [0.15, 0.2) is 0 Å². The van der Waals surface area contributed by atoms with Crippen LogP contribution in [-0.4, -0.2) is 22.2 Å². The van der Waals surface area contributed by atoms with E-state index >= 15 is 0 Å². The van der Waals surface area contributed by atoms with E-state index in [1.54, 1.807) is 18.3 Å². The molecular weight excluding hydrogens is 191 g/mol. The first kappa shape index (κ1) is 9.65. The Kier molecular flexibility index (Phi) is 2.38. The van der Waals surface area contributed by atoms with Crippen LogP contribution in [0.15, 0.2) is 30.5 Å². The van der Waals surface area contributed by atoms with Crippen molar-refractivity contribution in [2.75, 3.05) is 0 Å². The molecule has 1 aromatic heterocycles. The molecule has 0 fully saturated rings. The van der Waals surface area contributed by atoms with Gasteiger partial charge in [-0.1, -0.05) is 12.1 Å². The quantitative estimate of drug-likeness (QED) is 0.621. The van der Waals surface area contributed by atoms with Gasteiger partial charge in [0, 0.05) is 11.6 Å². The van der Waals surface area contributed by atoms with E-state index in [2.05, 4.69) is 4.98 Å². The van der Waals surface area contributed by atoms with E-state index in [1.807, 2.05) is 6.07 Å². The number of nitrogens with zero attached hydrogens (tertiary/aromatic N) is 2. The summed E-state index contributed by atoms with van der Waals surface area (Å²) in [5, 5.41) is 27.7. The molecule has 0 spiro atoms. The molecular formula is C10H7BN2O2. The van der Waals surface area contributed by atoms with Gasteiger partial charge in [-0.3, -0.25) is 4.98 Å². The van der Waals surface area contributed by atoms with Gasteiger partial charge in [-0.25, -0.2) is 0 Å². The summed E-state index contributed by atoms with van der Waals surface area (Å²) in [6, 6.07) is 8.46. The molecule has 0 atom stereocenters. The van der Waals surface area contributed by atoms with E-state index in [-0.39, 0.29) is 0 Å². The first-order valence-electron chi connectivity index (χ1n) is 4.38. The summed E-state index contributed by atoms with van der Waals surface area (Å²) in [6.45, 7) is 0. The van der Waals surface area contributed by atoms with Gasteiger partial charge in [0.2, 0.25) is 0 Å². The molecule has 0 amide bonds. The summed E-state index contributed by atoms with van der Waals surface area (Å²) in [4.78, 5) is 4.05. The summed E-state index contributed by atoms with van der Waals surface area (Å²) >= 11 is 0. The topological polar surface area (TPSA) is 77.1 Å². The number of hydrogen-bond donors (Lipinski definition) is 2. The van der Waals surface area contributed by atoms with Crippen molar-refractivity contribution in [3.05, 3.63) is 36.0 Å². The summed E-state index contributed by atoms with van der Waals surface area (Å²) in [5.74, 6) is 0. The Bertz CT molecular complexity index is 549. The predicted molar refractivity (Wildman–Crippen MR) is 56.3 cm³/mol. The van der Waals surface area contributed by atoms with Gasteiger partial charge >= 0.3 is 7.12 Å². The van der Waals surface area contributed by atoms with E-state index < -0.39 is 7.12 Å². The zero-order valence-corrected chi connectivity index (χ0v) is 7.75. The fraction of sp³-hybridized carbons (Fsp3) is 0. The van der Waals surface area contributed by atoms with Gasteiger partial charge < -0.3 is 10.0 Å². The number of pyridine rings is 1. The van der Waals surface area contributed by atoms with Crippen LogP contribution in [0.4, 0.5) is 0 Å². The van der Waals surface area contributed by atoms with Crippen LogP contribution in [0, 0.1) is 11.3 Å². The van der Waals surface area contributed by atoms with Gasteiger partial charge in [0.1, 0.15) is 6.07 Å². The second-order valence-corrected chi connectivity index (χ2v) is 3.09. The van der Waals surface area contributed by atoms with Gasteiger partial charge in [-0.05, 0) is 17.6 Å². The standard InChI is InChI=1S/C10H7BN2O2/c12-6-7-3-4-9(11(14)15)8-2-1-5-13-10(7)8/h1-5,14-15H. The number of hydrogen-bond acceptors (Lipinski definition) is 4. The maximum absolute atomic E-state index is 9.13. The monoisotopic (exact) mass is 198 g/mol. The number of fused-ring (bicyclic) bond motifs is 1. The van der Waals surface area contributed by atoms with Crippen molar-refractivity contribution < 1.29 is 10.0 Å². The van der Waals surface area contributed by atoms with Gasteiger partial charge in [-0.2, -0.15) is 5.26 Å². The number of benzene rings is 1. The Balaban J connectivity index is 2.85. The Morgan fingerprint density at radius 1 is 1.27 bits per heavy atom. The molecule has 2 aromatic rings. The molecule has 72 valence electrons. The minimum absolute atomic E-state index is 0.358. The molecule has 5 heteroatoms. The largest absolute Gasteiger partial charge is 0.489 e. The van der Waals surface area contributed by atoms with Crippen LogP contribution in [-0.2, 0) is 0 Å². The minimum atomic E-state index is -1.55. The van der Waals surface area contributed by atoms with Crippen molar-refractivity contribution in [1.29, 1.82) is 5.26 Å². The Labute approximate surface area is 86.6 Å². The normalized spacial score (nSPS) is 9.93. The average molecular weight is 198 g/mol. The minimum Gasteiger partial charge on any atom is -0.423 e. The lowest BCUT2D eigenvalue weighted by atomic mass is 9.77. The third-order valence-corrected chi connectivity index (χ3v) is 2.20. The first-order valence-corrected chi connectivity index (χ1v) is 4.38. The summed E-state index contributed by atoms with van der Waals surface area (Å²) in [7, 11) is -1.55. The highest BCUT2D eigenvalue weighted by atomic mass is 16.4. The van der Waals surface area contributed by atoms with E-state index in [9.17, 15) is 0 Å². The molecule has 0 aliphatic carbocycles. The molecule has 15 heavy (non-hydrogen) atoms. The van der Waals surface area contributed by atoms with Crippen molar-refractivity contribution in [3.8, 4) is 6.07 Å². The zero-order chi connectivity index (χ0) is 10.8. The predicted octanol–water partition coefficient (Wildman–Crippen LogP) is -0.214. The van der Waals surface area contributed by atoms with Gasteiger partial charge in [0.25, 0.3) is 0 Å². The molecule has 2 N–H and O–H groups in total. The van der Waals surface area contributed by atoms with Crippen molar-refractivity contribution in [1.82, 2.24) is 4.98 Å². The van der Waals surface area contributed by atoms with E-state index in [4.69, 9.17) is 15.3 Å². The first-order chi connectivity index (χ1) is 7.24. The highest BCUT2D eigenvalue weighted by Gasteiger charge is 2.16. The SMILES string of the molecule is N#Cc1ccc(B(O)O)c2cccnc12. The third kappa shape index (κ3) is 1.56. The molecule has 0 aliphatic rings. The van der Waals surface area contributed by atoms with Crippen LogP contribution in [0.1, 0.15) is 5.56 Å². The molecule has 0 aliphatic heterocycles. The Morgan fingerprint density at radius 3 is 2.73 bits per heavy atom. The van der Waals surface area contributed by atoms with E-state index in [0.29, 0.717) is 21.9 Å². The maximum atomic E-state index is 9.13. The van der Waals surface area contributed by atoms with Crippen molar-refractivity contribution in [3.63, 3.8) is 0 Å². The molecule has 4 nitrogen and oxygen atoms in total. The third-order valence-electron chi connectivity index (χ3n) is 2.20. The van der Waals surface area contributed by atoms with Crippen LogP contribution in [0.2, 0.25) is 0 Å². The fourth-order valence-electron chi connectivity index (χ4n) is 1.51. The fourth-order valence-corrected chi connectivity index (χ4v) is 1.51. The lowest BCUT2D eigenvalue weighted by Gasteiger charge is -2.05. The van der Waals surface area contributed by atoms with Crippen LogP contribution in [0.3, 0.4) is 0 Å². The molecule has 0 saturated carbocycles. The maximum Gasteiger partial charge on any atom is 0.489 e. The zero-order valence-electron chi connectivity index (χ0n) is 7.75. The molecule has 0 radical (unpaired) electrons. The molecule has 0 bridgehead atoms. The Morgan fingerprint density at radius 2 is 2.07 bits per heavy atom. The molecule has 0 unspecified atom stereocenters. The van der Waals surface area contributed by atoms with E-state index in [0.717, 1.165) is 0 Å². The van der Waals surface area contributed by atoms with Crippen LogP contribution in [0.25, 0.3) is 10.9 Å². The second kappa shape index (κ2) is 3.69. The molecule has 2 rings (SSSR count). The Hall–Kier alpha value is -1.90. The van der Waals surface area contributed by atoms with Gasteiger partial charge in [0.05, 0.1) is 11.1 Å².